The number of ether oxygens (including phenoxy) is 1. The van der Waals surface area contributed by atoms with Crippen LogP contribution < -0.4 is 10.5 Å². The zero-order valence-electron chi connectivity index (χ0n) is 11.0. The molecule has 0 radical (unpaired) electrons. The van der Waals surface area contributed by atoms with Crippen LogP contribution >= 0.6 is 11.8 Å². The van der Waals surface area contributed by atoms with Gasteiger partial charge in [-0.25, -0.2) is 8.78 Å². The highest BCUT2D eigenvalue weighted by Crippen LogP contribution is 2.31. The average Bonchev–Trinajstić information content (AvgIpc) is 2.44. The van der Waals surface area contributed by atoms with Gasteiger partial charge in [0, 0.05) is 4.90 Å². The van der Waals surface area contributed by atoms with Gasteiger partial charge in [0.1, 0.15) is 5.75 Å². The van der Waals surface area contributed by atoms with E-state index in [0.717, 1.165) is 0 Å². The zero-order chi connectivity index (χ0) is 16.0. The minimum atomic E-state index is -4.28. The fourth-order valence-electron chi connectivity index (χ4n) is 1.45. The van der Waals surface area contributed by atoms with Crippen LogP contribution in [0, 0.1) is 0 Å². The Morgan fingerprint density at radius 3 is 2.67 bits per heavy atom. The van der Waals surface area contributed by atoms with Crippen LogP contribution in [0.1, 0.15) is 12.5 Å². The van der Waals surface area contributed by atoms with Gasteiger partial charge in [-0.2, -0.15) is 8.78 Å². The first-order chi connectivity index (χ1) is 9.83. The fourth-order valence-corrected chi connectivity index (χ4v) is 2.28. The van der Waals surface area contributed by atoms with E-state index in [1.165, 1.54) is 23.9 Å². The third-order valence-electron chi connectivity index (χ3n) is 2.39. The van der Waals surface area contributed by atoms with Gasteiger partial charge in [0.2, 0.25) is 0 Å². The molecule has 3 N–H and O–H groups in total. The zero-order valence-corrected chi connectivity index (χ0v) is 11.8. The van der Waals surface area contributed by atoms with Crippen LogP contribution in [0.3, 0.4) is 0 Å². The van der Waals surface area contributed by atoms with Crippen LogP contribution in [0.25, 0.3) is 0 Å². The van der Waals surface area contributed by atoms with Crippen molar-refractivity contribution in [3.05, 3.63) is 23.8 Å². The molecule has 0 amide bonds. The third kappa shape index (κ3) is 4.42. The first-order valence-electron chi connectivity index (χ1n) is 5.86. The minimum absolute atomic E-state index is 0.0944. The molecule has 0 aromatic heterocycles. The molecular formula is C12H14F4N2O2S. The largest absolute Gasteiger partial charge is 0.486 e. The highest BCUT2D eigenvalue weighted by atomic mass is 32.2. The van der Waals surface area contributed by atoms with E-state index in [-0.39, 0.29) is 17.1 Å². The maximum absolute atomic E-state index is 12.9. The maximum Gasteiger partial charge on any atom is 0.340 e. The van der Waals surface area contributed by atoms with E-state index in [9.17, 15) is 17.6 Å². The quantitative estimate of drug-likeness (QED) is 0.202. The summed E-state index contributed by atoms with van der Waals surface area (Å²) in [5, 5.41) is 11.6. The summed E-state index contributed by atoms with van der Waals surface area (Å²) in [7, 11) is 0. The summed E-state index contributed by atoms with van der Waals surface area (Å²) in [6, 6.07) is 4.41. The Morgan fingerprint density at radius 2 is 2.14 bits per heavy atom. The van der Waals surface area contributed by atoms with Crippen molar-refractivity contribution in [3.63, 3.8) is 0 Å². The molecule has 0 unspecified atom stereocenters. The summed E-state index contributed by atoms with van der Waals surface area (Å²) in [4.78, 5) is 0.533. The molecule has 0 aliphatic carbocycles. The molecule has 0 heterocycles. The molecule has 0 spiro atoms. The molecule has 0 saturated heterocycles. The second kappa shape index (κ2) is 7.39. The number of nitrogens with two attached hydrogens (primary N) is 1. The maximum atomic E-state index is 12.9. The standard InChI is InChI=1S/C12H14F4N2O2S/c1-2-21-8-5-3-4-7(9(8)10(17)18-19)20-6-12(15,16)11(13)14/h3-5,11,19H,2,6H2,1H3,(H2,17,18). The molecule has 1 aromatic rings. The lowest BCUT2D eigenvalue weighted by molar-refractivity contribution is -0.148. The van der Waals surface area contributed by atoms with Crippen molar-refractivity contribution in [1.29, 1.82) is 0 Å². The Morgan fingerprint density at radius 1 is 1.48 bits per heavy atom. The normalized spacial score (nSPS) is 12.8. The number of thioether (sulfide) groups is 1. The lowest BCUT2D eigenvalue weighted by Gasteiger charge is -2.18. The molecule has 0 aliphatic rings. The number of benzene rings is 1. The lowest BCUT2D eigenvalue weighted by atomic mass is 10.2. The first-order valence-corrected chi connectivity index (χ1v) is 6.84. The summed E-state index contributed by atoms with van der Waals surface area (Å²) in [6.07, 6.45) is -3.84. The van der Waals surface area contributed by atoms with Crippen LogP contribution in [0.5, 0.6) is 5.75 Å². The number of nitrogens with zero attached hydrogens (tertiary/aromatic N) is 1. The minimum Gasteiger partial charge on any atom is -0.486 e. The van der Waals surface area contributed by atoms with E-state index in [0.29, 0.717) is 10.6 Å². The SMILES string of the molecule is CCSc1cccc(OCC(F)(F)C(F)F)c1/C(N)=N/O. The Hall–Kier alpha value is -1.64. The van der Waals surface area contributed by atoms with Gasteiger partial charge in [0.05, 0.1) is 5.56 Å². The summed E-state index contributed by atoms with van der Waals surface area (Å²) >= 11 is 1.31. The fraction of sp³-hybridized carbons (Fsp3) is 0.417. The lowest BCUT2D eigenvalue weighted by Crippen LogP contribution is -2.34. The van der Waals surface area contributed by atoms with Gasteiger partial charge in [-0.3, -0.25) is 0 Å². The smallest absolute Gasteiger partial charge is 0.340 e. The number of amidine groups is 1. The van der Waals surface area contributed by atoms with Gasteiger partial charge in [-0.1, -0.05) is 18.1 Å². The van der Waals surface area contributed by atoms with Crippen LogP contribution in [-0.4, -0.2) is 35.8 Å². The number of halogens is 4. The molecule has 0 saturated carbocycles. The molecule has 4 nitrogen and oxygen atoms in total. The van der Waals surface area contributed by atoms with Gasteiger partial charge in [0.25, 0.3) is 0 Å². The van der Waals surface area contributed by atoms with Crippen molar-refractivity contribution in [2.75, 3.05) is 12.4 Å². The number of oxime groups is 1. The number of rotatable bonds is 7. The van der Waals surface area contributed by atoms with E-state index in [1.807, 2.05) is 6.92 Å². The van der Waals surface area contributed by atoms with Gasteiger partial charge in [0.15, 0.2) is 12.4 Å². The molecule has 0 atom stereocenters. The molecule has 1 aromatic carbocycles. The van der Waals surface area contributed by atoms with Gasteiger partial charge < -0.3 is 15.7 Å². The Balaban J connectivity index is 3.09. The van der Waals surface area contributed by atoms with Crippen molar-refractivity contribution >= 4 is 17.6 Å². The Labute approximate surface area is 123 Å². The van der Waals surface area contributed by atoms with E-state index in [1.54, 1.807) is 6.07 Å². The van der Waals surface area contributed by atoms with Crippen molar-refractivity contribution in [2.45, 2.75) is 24.2 Å². The second-order valence-electron chi connectivity index (χ2n) is 3.90. The van der Waals surface area contributed by atoms with Crippen molar-refractivity contribution in [3.8, 4) is 5.75 Å². The Kier molecular flexibility index (Phi) is 6.13. The number of alkyl halides is 4. The van der Waals surface area contributed by atoms with Crippen LogP contribution in [-0.2, 0) is 0 Å². The van der Waals surface area contributed by atoms with Crippen molar-refractivity contribution in [2.24, 2.45) is 10.9 Å². The highest BCUT2D eigenvalue weighted by molar-refractivity contribution is 7.99. The summed E-state index contributed by atoms with van der Waals surface area (Å²) < 4.78 is 54.8. The van der Waals surface area contributed by atoms with Gasteiger partial charge in [-0.05, 0) is 17.9 Å². The molecule has 118 valence electrons. The van der Waals surface area contributed by atoms with Gasteiger partial charge in [-0.15, -0.1) is 11.8 Å². The molecule has 1 rings (SSSR count). The summed E-state index contributed by atoms with van der Waals surface area (Å²) in [6.45, 7) is 0.343. The molecular weight excluding hydrogens is 312 g/mol. The van der Waals surface area contributed by atoms with E-state index < -0.39 is 19.0 Å². The number of hydrogen-bond donors (Lipinski definition) is 2. The molecule has 0 fully saturated rings. The summed E-state index contributed by atoms with van der Waals surface area (Å²) in [5.74, 6) is -4.13. The van der Waals surface area contributed by atoms with Gasteiger partial charge >= 0.3 is 12.3 Å². The predicted molar refractivity (Wildman–Crippen MR) is 71.8 cm³/mol. The van der Waals surface area contributed by atoms with Crippen LogP contribution in [0.2, 0.25) is 0 Å². The molecule has 21 heavy (non-hydrogen) atoms. The highest BCUT2D eigenvalue weighted by Gasteiger charge is 2.42. The monoisotopic (exact) mass is 326 g/mol. The summed E-state index contributed by atoms with van der Waals surface area (Å²) in [5.41, 5.74) is 5.59. The van der Waals surface area contributed by atoms with E-state index >= 15 is 0 Å². The molecule has 0 bridgehead atoms. The van der Waals surface area contributed by atoms with Crippen LogP contribution in [0.4, 0.5) is 17.6 Å². The average molecular weight is 326 g/mol. The van der Waals surface area contributed by atoms with Crippen LogP contribution in [0.15, 0.2) is 28.3 Å². The third-order valence-corrected chi connectivity index (χ3v) is 3.33. The molecule has 9 heteroatoms. The Bertz CT molecular complexity index is 512. The van der Waals surface area contributed by atoms with E-state index in [4.69, 9.17) is 15.7 Å². The van der Waals surface area contributed by atoms with Crippen molar-refractivity contribution < 1.29 is 27.5 Å². The second-order valence-corrected chi connectivity index (χ2v) is 5.20. The number of hydrogen-bond acceptors (Lipinski definition) is 4. The van der Waals surface area contributed by atoms with E-state index in [2.05, 4.69) is 5.16 Å². The predicted octanol–water partition coefficient (Wildman–Crippen LogP) is 3.17. The topological polar surface area (TPSA) is 67.8 Å². The van der Waals surface area contributed by atoms with Crippen molar-refractivity contribution in [1.82, 2.24) is 0 Å². The first kappa shape index (κ1) is 17.4. The molecule has 0 aliphatic heterocycles.